The van der Waals surface area contributed by atoms with E-state index >= 15 is 0 Å². The van der Waals surface area contributed by atoms with Gasteiger partial charge in [-0.25, -0.2) is 0 Å². The zero-order valence-electron chi connectivity index (χ0n) is 22.3. The van der Waals surface area contributed by atoms with Crippen molar-refractivity contribution in [1.82, 2.24) is 14.7 Å². The van der Waals surface area contributed by atoms with Crippen molar-refractivity contribution in [3.05, 3.63) is 61.2 Å². The van der Waals surface area contributed by atoms with Gasteiger partial charge in [0.1, 0.15) is 6.04 Å². The highest BCUT2D eigenvalue weighted by Crippen LogP contribution is 2.68. The first-order valence-corrected chi connectivity index (χ1v) is 15.0. The van der Waals surface area contributed by atoms with Crippen LogP contribution < -0.4 is 0 Å². The van der Waals surface area contributed by atoms with Gasteiger partial charge in [0.15, 0.2) is 0 Å². The Hall–Kier alpha value is -2.10. The van der Waals surface area contributed by atoms with Crippen LogP contribution in [0.25, 0.3) is 0 Å². The molecule has 1 aromatic carbocycles. The lowest BCUT2D eigenvalue weighted by Gasteiger charge is -2.40. The molecule has 1 N–H and O–H groups in total. The molecule has 3 saturated heterocycles. The molecule has 3 aliphatic rings. The molecule has 1 spiro atoms. The molecule has 0 aromatic heterocycles. The molecule has 3 fully saturated rings. The summed E-state index contributed by atoms with van der Waals surface area (Å²) in [4.78, 5) is 47.7. The van der Waals surface area contributed by atoms with Crippen LogP contribution in [-0.4, -0.2) is 90.2 Å². The lowest BCUT2D eigenvalue weighted by molar-refractivity contribution is -0.147. The summed E-state index contributed by atoms with van der Waals surface area (Å²) in [6.07, 6.45) is 4.01. The first kappa shape index (κ1) is 28.9. The Morgan fingerprint density at radius 1 is 1.18 bits per heavy atom. The van der Waals surface area contributed by atoms with E-state index in [1.807, 2.05) is 44.2 Å². The average Bonchev–Trinajstić information content (AvgIpc) is 3.49. The van der Waals surface area contributed by atoms with Crippen LogP contribution in [0.15, 0.2) is 55.6 Å². The highest BCUT2D eigenvalue weighted by Gasteiger charge is 2.76. The molecule has 1 aromatic rings. The number of hydrogen-bond donors (Lipinski definition) is 1. The van der Waals surface area contributed by atoms with Gasteiger partial charge >= 0.3 is 0 Å². The van der Waals surface area contributed by atoms with E-state index in [2.05, 4.69) is 29.1 Å². The van der Waals surface area contributed by atoms with Crippen LogP contribution in [0, 0.1) is 11.8 Å². The largest absolute Gasteiger partial charge is 0.394 e. The van der Waals surface area contributed by atoms with Gasteiger partial charge in [0.25, 0.3) is 0 Å². The van der Waals surface area contributed by atoms with Crippen molar-refractivity contribution in [3.8, 4) is 0 Å². The number of amides is 3. The number of likely N-dealkylation sites (tertiary alicyclic amines) is 1. The second kappa shape index (κ2) is 11.6. The number of halogens is 1. The average molecular weight is 605 g/mol. The molecule has 0 saturated carbocycles. The van der Waals surface area contributed by atoms with Gasteiger partial charge in [-0.15, -0.1) is 24.9 Å². The standard InChI is InChI=1S/C29H38BrN3O4S/c1-6-13-31(16-20-11-9-8-10-12-20)26(35)22-23-27(36)33(19(5)17-34)25(28(37)32(14-7-2)18(3)4)29(23)15-21(30)24(22)38-29/h6-12,18-19,21-25,34H,1-2,13-17H2,3-5H3/t19-,21?,22-,23+,24-,25?,29?/m1/s1. The smallest absolute Gasteiger partial charge is 0.247 e. The van der Waals surface area contributed by atoms with E-state index < -0.39 is 28.7 Å². The number of carbonyl (C=O) groups is 3. The van der Waals surface area contributed by atoms with Gasteiger partial charge in [0, 0.05) is 35.8 Å². The summed E-state index contributed by atoms with van der Waals surface area (Å²) in [5.41, 5.74) is 1.00. The number of hydrogen-bond acceptors (Lipinski definition) is 5. The van der Waals surface area contributed by atoms with Crippen LogP contribution >= 0.6 is 27.7 Å². The fourth-order valence-electron chi connectivity index (χ4n) is 6.45. The van der Waals surface area contributed by atoms with Crippen molar-refractivity contribution in [2.75, 3.05) is 19.7 Å². The Morgan fingerprint density at radius 2 is 1.84 bits per heavy atom. The molecule has 9 heteroatoms. The highest BCUT2D eigenvalue weighted by atomic mass is 79.9. The molecule has 3 aliphatic heterocycles. The molecule has 3 heterocycles. The molecular formula is C29H38BrN3O4S. The zero-order chi connectivity index (χ0) is 27.8. The number of carbonyl (C=O) groups excluding carboxylic acids is 3. The maximum atomic E-state index is 14.2. The maximum absolute atomic E-state index is 14.2. The number of benzene rings is 1. The molecule has 0 radical (unpaired) electrons. The Kier molecular flexibility index (Phi) is 8.79. The van der Waals surface area contributed by atoms with Crippen LogP contribution in [0.1, 0.15) is 32.8 Å². The number of aliphatic hydroxyl groups excluding tert-OH is 1. The van der Waals surface area contributed by atoms with E-state index in [1.165, 1.54) is 0 Å². The minimum Gasteiger partial charge on any atom is -0.394 e. The monoisotopic (exact) mass is 603 g/mol. The van der Waals surface area contributed by atoms with Gasteiger partial charge in [0.05, 0.1) is 29.2 Å². The lowest BCUT2D eigenvalue weighted by Crippen LogP contribution is -2.58. The lowest BCUT2D eigenvalue weighted by atomic mass is 9.70. The summed E-state index contributed by atoms with van der Waals surface area (Å²) < 4.78 is -0.752. The first-order chi connectivity index (χ1) is 18.1. The van der Waals surface area contributed by atoms with Crippen molar-refractivity contribution in [2.45, 2.75) is 66.7 Å². The number of nitrogens with zero attached hydrogens (tertiary/aromatic N) is 3. The highest BCUT2D eigenvalue weighted by molar-refractivity contribution is 9.09. The van der Waals surface area contributed by atoms with Crippen molar-refractivity contribution in [1.29, 1.82) is 0 Å². The quantitative estimate of drug-likeness (QED) is 0.309. The van der Waals surface area contributed by atoms with Gasteiger partial charge in [-0.2, -0.15) is 0 Å². The molecule has 3 unspecified atom stereocenters. The summed E-state index contributed by atoms with van der Waals surface area (Å²) in [7, 11) is 0. The SMILES string of the molecule is C=CCN(Cc1ccccc1)C(=O)[C@H]1[C@@H]2SC3(CC2Br)C(C(=O)N(CC=C)C(C)C)N([C@H](C)CO)C(=O)[C@H]13. The number of aliphatic hydroxyl groups is 1. The van der Waals surface area contributed by atoms with Gasteiger partial charge in [-0.3, -0.25) is 14.4 Å². The molecule has 7 atom stereocenters. The second-order valence-corrected chi connectivity index (χ2v) is 13.5. The second-order valence-electron chi connectivity index (χ2n) is 10.8. The maximum Gasteiger partial charge on any atom is 0.247 e. The van der Waals surface area contributed by atoms with E-state index in [1.54, 1.807) is 45.5 Å². The van der Waals surface area contributed by atoms with Crippen LogP contribution in [0.2, 0.25) is 0 Å². The van der Waals surface area contributed by atoms with Gasteiger partial charge < -0.3 is 19.8 Å². The van der Waals surface area contributed by atoms with Crippen LogP contribution in [0.5, 0.6) is 0 Å². The first-order valence-electron chi connectivity index (χ1n) is 13.2. The van der Waals surface area contributed by atoms with Gasteiger partial charge in [-0.1, -0.05) is 58.4 Å². The minimum absolute atomic E-state index is 0.0145. The van der Waals surface area contributed by atoms with E-state index in [9.17, 15) is 19.5 Å². The number of alkyl halides is 1. The van der Waals surface area contributed by atoms with Crippen LogP contribution in [0.4, 0.5) is 0 Å². The molecule has 0 aliphatic carbocycles. The van der Waals surface area contributed by atoms with E-state index in [-0.39, 0.29) is 40.4 Å². The summed E-state index contributed by atoms with van der Waals surface area (Å²) in [5, 5.41) is 9.97. The Balaban J connectivity index is 1.76. The third kappa shape index (κ3) is 4.75. The molecule has 4 rings (SSSR count). The molecule has 206 valence electrons. The van der Waals surface area contributed by atoms with E-state index in [4.69, 9.17) is 0 Å². The number of thioether (sulfide) groups is 1. The fourth-order valence-corrected chi connectivity index (χ4v) is 10.0. The van der Waals surface area contributed by atoms with E-state index in [0.717, 1.165) is 5.56 Å². The molecule has 3 amide bonds. The number of rotatable bonds is 11. The summed E-state index contributed by atoms with van der Waals surface area (Å²) in [6.45, 7) is 14.2. The topological polar surface area (TPSA) is 81.2 Å². The third-order valence-electron chi connectivity index (χ3n) is 8.09. The number of fused-ring (bicyclic) bond motifs is 1. The van der Waals surface area contributed by atoms with Crippen molar-refractivity contribution in [2.24, 2.45) is 11.8 Å². The summed E-state index contributed by atoms with van der Waals surface area (Å²) in [5.74, 6) is -1.66. The van der Waals surface area contributed by atoms with Gasteiger partial charge in [-0.05, 0) is 32.8 Å². The normalized spacial score (nSPS) is 30.3. The molecule has 2 bridgehead atoms. The van der Waals surface area contributed by atoms with Crippen molar-refractivity contribution < 1.29 is 19.5 Å². The Labute approximate surface area is 238 Å². The van der Waals surface area contributed by atoms with Crippen molar-refractivity contribution >= 4 is 45.4 Å². The van der Waals surface area contributed by atoms with Crippen LogP contribution in [-0.2, 0) is 20.9 Å². The zero-order valence-corrected chi connectivity index (χ0v) is 24.7. The summed E-state index contributed by atoms with van der Waals surface area (Å²) in [6, 6.07) is 8.38. The van der Waals surface area contributed by atoms with Crippen molar-refractivity contribution in [3.63, 3.8) is 0 Å². The fraction of sp³-hybridized carbons (Fsp3) is 0.552. The Morgan fingerprint density at radius 3 is 2.42 bits per heavy atom. The molecule has 7 nitrogen and oxygen atoms in total. The van der Waals surface area contributed by atoms with Crippen LogP contribution in [0.3, 0.4) is 0 Å². The predicted octanol–water partition coefficient (Wildman–Crippen LogP) is 3.47. The van der Waals surface area contributed by atoms with E-state index in [0.29, 0.717) is 26.1 Å². The molecule has 38 heavy (non-hydrogen) atoms. The third-order valence-corrected chi connectivity index (χ3v) is 11.3. The predicted molar refractivity (Wildman–Crippen MR) is 155 cm³/mol. The Bertz CT molecular complexity index is 1080. The summed E-state index contributed by atoms with van der Waals surface area (Å²) >= 11 is 5.44. The molecular weight excluding hydrogens is 566 g/mol. The van der Waals surface area contributed by atoms with Gasteiger partial charge in [0.2, 0.25) is 17.7 Å². The minimum atomic E-state index is -0.765.